The highest BCUT2D eigenvalue weighted by Crippen LogP contribution is 2.19. The largest absolute Gasteiger partial charge is 0.489 e. The van der Waals surface area contributed by atoms with Crippen LogP contribution in [0.1, 0.15) is 21.5 Å². The summed E-state index contributed by atoms with van der Waals surface area (Å²) in [6.07, 6.45) is 0. The molecule has 0 aliphatic carbocycles. The topological polar surface area (TPSA) is 117 Å². The Hall–Kier alpha value is -3.72. The second-order valence-corrected chi connectivity index (χ2v) is 7.02. The fourth-order valence-corrected chi connectivity index (χ4v) is 2.84. The first-order valence-electron chi connectivity index (χ1n) is 8.69. The Kier molecular flexibility index (Phi) is 6.76. The van der Waals surface area contributed by atoms with Crippen LogP contribution in [0, 0.1) is 10.1 Å². The number of ether oxygens (including phenoxy) is 1. The second-order valence-electron chi connectivity index (χ2n) is 6.11. The van der Waals surface area contributed by atoms with Crippen molar-refractivity contribution in [3.8, 4) is 5.75 Å². The lowest BCUT2D eigenvalue weighted by atomic mass is 10.1. The maximum atomic E-state index is 12.3. The SMILES string of the molecule is N/C(=N\OC(=O)c1cccc(COc2cccc(Br)c2)c1)c1ccc([N+](=O)[O-])cc1. The highest BCUT2D eigenvalue weighted by atomic mass is 79.9. The van der Waals surface area contributed by atoms with Gasteiger partial charge in [0, 0.05) is 22.2 Å². The Bertz CT molecular complexity index is 1100. The monoisotopic (exact) mass is 469 g/mol. The van der Waals surface area contributed by atoms with Crippen LogP contribution in [-0.2, 0) is 11.4 Å². The lowest BCUT2D eigenvalue weighted by Crippen LogP contribution is -2.15. The first-order chi connectivity index (χ1) is 14.4. The van der Waals surface area contributed by atoms with Crippen LogP contribution in [0.3, 0.4) is 0 Å². The molecule has 0 radical (unpaired) electrons. The minimum absolute atomic E-state index is 0.0765. The van der Waals surface area contributed by atoms with Crippen molar-refractivity contribution in [3.63, 3.8) is 0 Å². The molecule has 2 N–H and O–H groups in total. The van der Waals surface area contributed by atoms with E-state index in [1.165, 1.54) is 24.3 Å². The number of rotatable bonds is 7. The van der Waals surface area contributed by atoms with E-state index in [-0.39, 0.29) is 23.7 Å². The van der Waals surface area contributed by atoms with E-state index in [1.807, 2.05) is 30.3 Å². The molecule has 3 aromatic carbocycles. The van der Waals surface area contributed by atoms with Gasteiger partial charge in [0.1, 0.15) is 12.4 Å². The molecule has 8 nitrogen and oxygen atoms in total. The van der Waals surface area contributed by atoms with Gasteiger partial charge in [0.25, 0.3) is 5.69 Å². The first-order valence-corrected chi connectivity index (χ1v) is 9.48. The third kappa shape index (κ3) is 5.65. The average molecular weight is 470 g/mol. The zero-order valence-corrected chi connectivity index (χ0v) is 17.1. The van der Waals surface area contributed by atoms with Gasteiger partial charge >= 0.3 is 5.97 Å². The van der Waals surface area contributed by atoms with Crippen LogP contribution in [0.5, 0.6) is 5.75 Å². The van der Waals surface area contributed by atoms with Crippen molar-refractivity contribution < 1.29 is 19.3 Å². The number of oxime groups is 1. The quantitative estimate of drug-likeness (QED) is 0.180. The fourth-order valence-electron chi connectivity index (χ4n) is 2.46. The van der Waals surface area contributed by atoms with E-state index >= 15 is 0 Å². The van der Waals surface area contributed by atoms with Gasteiger partial charge < -0.3 is 15.3 Å². The molecule has 152 valence electrons. The highest BCUT2D eigenvalue weighted by Gasteiger charge is 2.10. The number of nitrogens with zero attached hydrogens (tertiary/aromatic N) is 2. The third-order valence-electron chi connectivity index (χ3n) is 3.97. The van der Waals surface area contributed by atoms with Gasteiger partial charge in [-0.1, -0.05) is 39.3 Å². The molecule has 3 aromatic rings. The normalized spacial score (nSPS) is 11.0. The summed E-state index contributed by atoms with van der Waals surface area (Å²) < 4.78 is 6.62. The van der Waals surface area contributed by atoms with Gasteiger partial charge in [-0.15, -0.1) is 0 Å². The van der Waals surface area contributed by atoms with Crippen molar-refractivity contribution in [2.75, 3.05) is 0 Å². The Morgan fingerprint density at radius 1 is 1.03 bits per heavy atom. The van der Waals surface area contributed by atoms with Crippen LogP contribution >= 0.6 is 15.9 Å². The molecule has 0 saturated carbocycles. The molecule has 0 atom stereocenters. The van der Waals surface area contributed by atoms with E-state index in [2.05, 4.69) is 21.1 Å². The van der Waals surface area contributed by atoms with E-state index in [0.717, 1.165) is 10.0 Å². The Balaban J connectivity index is 1.63. The summed E-state index contributed by atoms with van der Waals surface area (Å²) in [4.78, 5) is 27.3. The number of carbonyl (C=O) groups excluding carboxylic acids is 1. The van der Waals surface area contributed by atoms with Gasteiger partial charge in [-0.05, 0) is 48.0 Å². The summed E-state index contributed by atoms with van der Waals surface area (Å²) in [5.74, 6) is -0.0746. The summed E-state index contributed by atoms with van der Waals surface area (Å²) in [6, 6.07) is 19.6. The van der Waals surface area contributed by atoms with Crippen LogP contribution in [-0.4, -0.2) is 16.7 Å². The molecule has 0 fully saturated rings. The van der Waals surface area contributed by atoms with Crippen LogP contribution in [0.2, 0.25) is 0 Å². The fraction of sp³-hybridized carbons (Fsp3) is 0.0476. The van der Waals surface area contributed by atoms with Crippen LogP contribution in [0.25, 0.3) is 0 Å². The van der Waals surface area contributed by atoms with Crippen molar-refractivity contribution in [1.29, 1.82) is 0 Å². The molecule has 0 spiro atoms. The van der Waals surface area contributed by atoms with Gasteiger partial charge in [-0.3, -0.25) is 10.1 Å². The lowest BCUT2D eigenvalue weighted by Gasteiger charge is -2.07. The molecule has 0 amide bonds. The van der Waals surface area contributed by atoms with Gasteiger partial charge in [0.15, 0.2) is 5.84 Å². The number of nitro groups is 1. The molecule has 0 bridgehead atoms. The number of nitro benzene ring substituents is 1. The molecular weight excluding hydrogens is 454 g/mol. The third-order valence-corrected chi connectivity index (χ3v) is 4.46. The molecule has 9 heteroatoms. The predicted octanol–water partition coefficient (Wildman–Crippen LogP) is 4.41. The summed E-state index contributed by atoms with van der Waals surface area (Å²) in [5.41, 5.74) is 7.15. The lowest BCUT2D eigenvalue weighted by molar-refractivity contribution is -0.384. The average Bonchev–Trinajstić information content (AvgIpc) is 2.76. The molecule has 0 unspecified atom stereocenters. The van der Waals surface area contributed by atoms with E-state index in [0.29, 0.717) is 11.3 Å². The van der Waals surface area contributed by atoms with Crippen LogP contribution in [0.15, 0.2) is 82.4 Å². The Labute approximate surface area is 180 Å². The second kappa shape index (κ2) is 9.66. The van der Waals surface area contributed by atoms with Crippen molar-refractivity contribution in [1.82, 2.24) is 0 Å². The molecule has 0 saturated heterocycles. The highest BCUT2D eigenvalue weighted by molar-refractivity contribution is 9.10. The number of hydrogen-bond acceptors (Lipinski definition) is 6. The zero-order valence-electron chi connectivity index (χ0n) is 15.5. The Morgan fingerprint density at radius 3 is 2.47 bits per heavy atom. The van der Waals surface area contributed by atoms with E-state index in [4.69, 9.17) is 15.3 Å². The van der Waals surface area contributed by atoms with Crippen LogP contribution in [0.4, 0.5) is 5.69 Å². The number of carbonyl (C=O) groups is 1. The summed E-state index contributed by atoms with van der Waals surface area (Å²) in [7, 11) is 0. The van der Waals surface area contributed by atoms with Gasteiger partial charge in [-0.25, -0.2) is 4.79 Å². The number of halogens is 1. The molecule has 0 aliphatic rings. The maximum Gasteiger partial charge on any atom is 0.365 e. The smallest absolute Gasteiger partial charge is 0.365 e. The van der Waals surface area contributed by atoms with Crippen molar-refractivity contribution in [3.05, 3.63) is 104 Å². The van der Waals surface area contributed by atoms with Crippen molar-refractivity contribution in [2.45, 2.75) is 6.61 Å². The van der Waals surface area contributed by atoms with E-state index in [1.54, 1.807) is 18.2 Å². The standard InChI is InChI=1S/C21H16BrN3O5/c22-17-5-2-6-19(12-17)29-13-14-3-1-4-16(11-14)21(26)30-24-20(23)15-7-9-18(10-8-15)25(27)28/h1-12H,13H2,(H2,23,24). The van der Waals surface area contributed by atoms with Crippen molar-refractivity contribution >= 4 is 33.4 Å². The van der Waals surface area contributed by atoms with Gasteiger partial charge in [-0.2, -0.15) is 0 Å². The van der Waals surface area contributed by atoms with Crippen LogP contribution < -0.4 is 10.5 Å². The molecule has 0 aromatic heterocycles. The van der Waals surface area contributed by atoms with Gasteiger partial charge in [0.2, 0.25) is 0 Å². The molecular formula is C21H16BrN3O5. The minimum Gasteiger partial charge on any atom is -0.489 e. The number of benzene rings is 3. The number of non-ortho nitro benzene ring substituents is 1. The van der Waals surface area contributed by atoms with E-state index in [9.17, 15) is 14.9 Å². The van der Waals surface area contributed by atoms with Gasteiger partial charge in [0.05, 0.1) is 10.5 Å². The summed E-state index contributed by atoms with van der Waals surface area (Å²) in [5, 5.41) is 14.3. The molecule has 0 aliphatic heterocycles. The Morgan fingerprint density at radius 2 is 1.77 bits per heavy atom. The van der Waals surface area contributed by atoms with E-state index < -0.39 is 10.9 Å². The zero-order chi connectivity index (χ0) is 21.5. The number of hydrogen-bond donors (Lipinski definition) is 1. The molecule has 0 heterocycles. The first kappa shape index (κ1) is 21.0. The molecule has 30 heavy (non-hydrogen) atoms. The predicted molar refractivity (Wildman–Crippen MR) is 114 cm³/mol. The van der Waals surface area contributed by atoms with Crippen molar-refractivity contribution in [2.24, 2.45) is 10.9 Å². The maximum absolute atomic E-state index is 12.3. The number of amidine groups is 1. The summed E-state index contributed by atoms with van der Waals surface area (Å²) in [6.45, 7) is 0.270. The number of nitrogens with two attached hydrogens (primary N) is 1. The molecule has 3 rings (SSSR count). The summed E-state index contributed by atoms with van der Waals surface area (Å²) >= 11 is 3.38. The minimum atomic E-state index is -0.691.